The molecule has 0 aliphatic carbocycles. The molecule has 1 heterocycles. The molecule has 0 radical (unpaired) electrons. The van der Waals surface area contributed by atoms with Gasteiger partial charge < -0.3 is 5.32 Å². The van der Waals surface area contributed by atoms with Crippen LogP contribution >= 0.6 is 15.9 Å². The summed E-state index contributed by atoms with van der Waals surface area (Å²) in [4.78, 5) is 14.2. The summed E-state index contributed by atoms with van der Waals surface area (Å²) in [6, 6.07) is 9.37. The Kier molecular flexibility index (Phi) is 4.11. The van der Waals surface area contributed by atoms with E-state index in [-0.39, 0.29) is 11.7 Å². The summed E-state index contributed by atoms with van der Waals surface area (Å²) in [5.74, 6) is 0. The van der Waals surface area contributed by atoms with Crippen molar-refractivity contribution in [1.29, 1.82) is 0 Å². The SMILES string of the molecule is CC(Nc1ccncc1[N+](=O)[O-])c1cccc(Br)c1. The lowest BCUT2D eigenvalue weighted by molar-refractivity contribution is -0.384. The monoisotopic (exact) mass is 321 g/mol. The van der Waals surface area contributed by atoms with Gasteiger partial charge in [0.05, 0.1) is 4.92 Å². The van der Waals surface area contributed by atoms with Crippen LogP contribution in [-0.2, 0) is 0 Å². The second-order valence-corrected chi connectivity index (χ2v) is 4.99. The van der Waals surface area contributed by atoms with E-state index < -0.39 is 4.92 Å². The highest BCUT2D eigenvalue weighted by molar-refractivity contribution is 9.10. The third kappa shape index (κ3) is 3.29. The van der Waals surface area contributed by atoms with Gasteiger partial charge in [-0.25, -0.2) is 0 Å². The van der Waals surface area contributed by atoms with Crippen molar-refractivity contribution in [1.82, 2.24) is 4.98 Å². The van der Waals surface area contributed by atoms with Crippen LogP contribution in [0.4, 0.5) is 11.4 Å². The predicted octanol–water partition coefficient (Wildman–Crippen LogP) is 3.93. The molecular weight excluding hydrogens is 310 g/mol. The lowest BCUT2D eigenvalue weighted by Crippen LogP contribution is -2.08. The van der Waals surface area contributed by atoms with E-state index in [0.29, 0.717) is 5.69 Å². The van der Waals surface area contributed by atoms with Crippen molar-refractivity contribution in [3.8, 4) is 0 Å². The Labute approximate surface area is 119 Å². The van der Waals surface area contributed by atoms with Crippen molar-refractivity contribution in [3.05, 3.63) is 62.9 Å². The number of nitrogens with one attached hydrogen (secondary N) is 1. The number of rotatable bonds is 4. The Hall–Kier alpha value is -1.95. The molecule has 2 aromatic rings. The van der Waals surface area contributed by atoms with Crippen LogP contribution in [0.25, 0.3) is 0 Å². The number of nitrogens with zero attached hydrogens (tertiary/aromatic N) is 2. The van der Waals surface area contributed by atoms with E-state index in [2.05, 4.69) is 26.2 Å². The largest absolute Gasteiger partial charge is 0.373 e. The van der Waals surface area contributed by atoms with Crippen molar-refractivity contribution >= 4 is 27.3 Å². The molecule has 19 heavy (non-hydrogen) atoms. The molecule has 0 spiro atoms. The standard InChI is InChI=1S/C13H12BrN3O2/c1-9(10-3-2-4-11(14)7-10)16-12-5-6-15-8-13(12)17(18)19/h2-9H,1H3,(H,15,16). The number of hydrogen-bond donors (Lipinski definition) is 1. The molecule has 0 fully saturated rings. The van der Waals surface area contributed by atoms with Gasteiger partial charge in [-0.15, -0.1) is 0 Å². The molecule has 1 unspecified atom stereocenters. The van der Waals surface area contributed by atoms with Gasteiger partial charge >= 0.3 is 5.69 Å². The molecular formula is C13H12BrN3O2. The first kappa shape index (κ1) is 13.5. The first-order valence-corrected chi connectivity index (χ1v) is 6.47. The molecule has 1 aromatic carbocycles. The maximum Gasteiger partial charge on any atom is 0.310 e. The fourth-order valence-electron chi connectivity index (χ4n) is 1.75. The molecule has 0 aliphatic rings. The molecule has 0 bridgehead atoms. The number of pyridine rings is 1. The Balaban J connectivity index is 2.24. The minimum Gasteiger partial charge on any atom is -0.373 e. The van der Waals surface area contributed by atoms with Crippen LogP contribution in [0.1, 0.15) is 18.5 Å². The molecule has 0 saturated heterocycles. The molecule has 5 nitrogen and oxygen atoms in total. The van der Waals surface area contributed by atoms with E-state index in [1.54, 1.807) is 6.07 Å². The molecule has 98 valence electrons. The third-order valence-corrected chi connectivity index (χ3v) is 3.21. The van der Waals surface area contributed by atoms with Gasteiger partial charge in [0, 0.05) is 16.7 Å². The zero-order valence-corrected chi connectivity index (χ0v) is 11.8. The molecule has 2 rings (SSSR count). The average Bonchev–Trinajstić information content (AvgIpc) is 2.39. The summed E-state index contributed by atoms with van der Waals surface area (Å²) < 4.78 is 0.975. The zero-order valence-electron chi connectivity index (χ0n) is 10.2. The third-order valence-electron chi connectivity index (χ3n) is 2.72. The van der Waals surface area contributed by atoms with Gasteiger partial charge in [0.2, 0.25) is 0 Å². The molecule has 0 aliphatic heterocycles. The van der Waals surface area contributed by atoms with Crippen molar-refractivity contribution in [2.24, 2.45) is 0 Å². The second kappa shape index (κ2) is 5.79. The first-order chi connectivity index (χ1) is 9.08. The molecule has 0 saturated carbocycles. The number of benzene rings is 1. The summed E-state index contributed by atoms with van der Waals surface area (Å²) >= 11 is 3.41. The topological polar surface area (TPSA) is 68.1 Å². The summed E-state index contributed by atoms with van der Waals surface area (Å²) in [7, 11) is 0. The summed E-state index contributed by atoms with van der Waals surface area (Å²) in [5.41, 5.74) is 1.48. The Morgan fingerprint density at radius 1 is 1.42 bits per heavy atom. The fourth-order valence-corrected chi connectivity index (χ4v) is 2.16. The van der Waals surface area contributed by atoms with Crippen LogP contribution in [0.2, 0.25) is 0 Å². The Morgan fingerprint density at radius 2 is 2.21 bits per heavy atom. The molecule has 1 aromatic heterocycles. The quantitative estimate of drug-likeness (QED) is 0.684. The van der Waals surface area contributed by atoms with E-state index in [0.717, 1.165) is 10.0 Å². The number of hydrogen-bond acceptors (Lipinski definition) is 4. The van der Waals surface area contributed by atoms with E-state index in [9.17, 15) is 10.1 Å². The highest BCUT2D eigenvalue weighted by Gasteiger charge is 2.15. The lowest BCUT2D eigenvalue weighted by Gasteiger charge is -2.15. The van der Waals surface area contributed by atoms with E-state index in [4.69, 9.17) is 0 Å². The van der Waals surface area contributed by atoms with Gasteiger partial charge in [0.1, 0.15) is 11.9 Å². The maximum atomic E-state index is 10.9. The van der Waals surface area contributed by atoms with Crippen molar-refractivity contribution < 1.29 is 4.92 Å². The highest BCUT2D eigenvalue weighted by atomic mass is 79.9. The van der Waals surface area contributed by atoms with E-state index >= 15 is 0 Å². The van der Waals surface area contributed by atoms with Gasteiger partial charge in [-0.2, -0.15) is 0 Å². The fraction of sp³-hybridized carbons (Fsp3) is 0.154. The first-order valence-electron chi connectivity index (χ1n) is 5.68. The van der Waals surface area contributed by atoms with Crippen LogP contribution in [0.3, 0.4) is 0 Å². The van der Waals surface area contributed by atoms with Crippen LogP contribution in [-0.4, -0.2) is 9.91 Å². The number of aromatic nitrogens is 1. The molecule has 6 heteroatoms. The normalized spacial score (nSPS) is 11.9. The van der Waals surface area contributed by atoms with Crippen molar-refractivity contribution in [3.63, 3.8) is 0 Å². The smallest absolute Gasteiger partial charge is 0.310 e. The zero-order chi connectivity index (χ0) is 13.8. The van der Waals surface area contributed by atoms with E-state index in [1.807, 2.05) is 31.2 Å². The Morgan fingerprint density at radius 3 is 2.89 bits per heavy atom. The van der Waals surface area contributed by atoms with Gasteiger partial charge in [-0.1, -0.05) is 28.1 Å². The van der Waals surface area contributed by atoms with Gasteiger partial charge in [0.25, 0.3) is 0 Å². The highest BCUT2D eigenvalue weighted by Crippen LogP contribution is 2.27. The van der Waals surface area contributed by atoms with Crippen LogP contribution in [0.5, 0.6) is 0 Å². The summed E-state index contributed by atoms with van der Waals surface area (Å²) in [5, 5.41) is 14.0. The lowest BCUT2D eigenvalue weighted by atomic mass is 10.1. The van der Waals surface area contributed by atoms with Gasteiger partial charge in [-0.05, 0) is 30.7 Å². The second-order valence-electron chi connectivity index (χ2n) is 4.07. The number of nitro groups is 1. The van der Waals surface area contributed by atoms with Crippen LogP contribution < -0.4 is 5.32 Å². The molecule has 0 amide bonds. The van der Waals surface area contributed by atoms with Gasteiger partial charge in [0.15, 0.2) is 0 Å². The van der Waals surface area contributed by atoms with Crippen LogP contribution in [0, 0.1) is 10.1 Å². The van der Waals surface area contributed by atoms with Crippen molar-refractivity contribution in [2.75, 3.05) is 5.32 Å². The van der Waals surface area contributed by atoms with Gasteiger partial charge in [-0.3, -0.25) is 15.1 Å². The molecule has 1 N–H and O–H groups in total. The predicted molar refractivity (Wildman–Crippen MR) is 77.1 cm³/mol. The molecule has 1 atom stereocenters. The number of anilines is 1. The summed E-state index contributed by atoms with van der Waals surface area (Å²) in [6.07, 6.45) is 2.78. The minimum absolute atomic E-state index is 0.0238. The van der Waals surface area contributed by atoms with Crippen molar-refractivity contribution in [2.45, 2.75) is 13.0 Å². The van der Waals surface area contributed by atoms with E-state index in [1.165, 1.54) is 12.4 Å². The minimum atomic E-state index is -0.442. The maximum absolute atomic E-state index is 10.9. The number of halogens is 1. The average molecular weight is 322 g/mol. The van der Waals surface area contributed by atoms with Crippen LogP contribution in [0.15, 0.2) is 47.2 Å². The summed E-state index contributed by atoms with van der Waals surface area (Å²) in [6.45, 7) is 1.95. The Bertz CT molecular complexity index is 604.